The topological polar surface area (TPSA) is 72.7 Å². The molecule has 0 saturated carbocycles. The summed E-state index contributed by atoms with van der Waals surface area (Å²) in [7, 11) is 1.36. The molecule has 0 radical (unpaired) electrons. The highest BCUT2D eigenvalue weighted by molar-refractivity contribution is 7.09. The van der Waals surface area contributed by atoms with Gasteiger partial charge in [-0.1, -0.05) is 6.07 Å². The highest BCUT2D eigenvalue weighted by atomic mass is 32.1. The fraction of sp³-hybridized carbons (Fsp3) is 0.267. The summed E-state index contributed by atoms with van der Waals surface area (Å²) in [4.78, 5) is 25.8. The SMILES string of the molecule is CCN(Cc1cccs1)C(=O)c1ccc(OC)c([N+](=O)[O-])c1. The first-order valence-electron chi connectivity index (χ1n) is 6.71. The van der Waals surface area contributed by atoms with Gasteiger partial charge in [0.2, 0.25) is 0 Å². The number of nitrogens with zero attached hydrogens (tertiary/aromatic N) is 2. The molecule has 0 saturated heterocycles. The first kappa shape index (κ1) is 16.0. The number of hydrogen-bond donors (Lipinski definition) is 0. The molecular formula is C15H16N2O4S. The van der Waals surface area contributed by atoms with E-state index in [2.05, 4.69) is 0 Å². The highest BCUT2D eigenvalue weighted by Gasteiger charge is 2.21. The van der Waals surface area contributed by atoms with Crippen molar-refractivity contribution in [1.82, 2.24) is 4.90 Å². The van der Waals surface area contributed by atoms with Crippen LogP contribution >= 0.6 is 11.3 Å². The van der Waals surface area contributed by atoms with Crippen LogP contribution in [0.1, 0.15) is 22.2 Å². The molecule has 1 amide bonds. The van der Waals surface area contributed by atoms with E-state index < -0.39 is 4.92 Å². The lowest BCUT2D eigenvalue weighted by Gasteiger charge is -2.20. The molecule has 1 heterocycles. The van der Waals surface area contributed by atoms with E-state index in [9.17, 15) is 14.9 Å². The third-order valence-electron chi connectivity index (χ3n) is 3.22. The molecule has 0 bridgehead atoms. The number of thiophene rings is 1. The minimum Gasteiger partial charge on any atom is -0.490 e. The molecule has 7 heteroatoms. The number of hydrogen-bond acceptors (Lipinski definition) is 5. The van der Waals surface area contributed by atoms with E-state index in [1.54, 1.807) is 22.3 Å². The summed E-state index contributed by atoms with van der Waals surface area (Å²) in [5, 5.41) is 13.0. The van der Waals surface area contributed by atoms with Crippen molar-refractivity contribution in [3.63, 3.8) is 0 Å². The fourth-order valence-electron chi connectivity index (χ4n) is 2.07. The minimum atomic E-state index is -0.550. The van der Waals surface area contributed by atoms with Crippen LogP contribution in [-0.2, 0) is 6.54 Å². The van der Waals surface area contributed by atoms with Gasteiger partial charge in [-0.05, 0) is 30.5 Å². The summed E-state index contributed by atoms with van der Waals surface area (Å²) < 4.78 is 4.95. The van der Waals surface area contributed by atoms with Gasteiger partial charge in [-0.15, -0.1) is 11.3 Å². The third kappa shape index (κ3) is 3.43. The van der Waals surface area contributed by atoms with E-state index in [-0.39, 0.29) is 22.9 Å². The van der Waals surface area contributed by atoms with Crippen molar-refractivity contribution >= 4 is 22.9 Å². The lowest BCUT2D eigenvalue weighted by molar-refractivity contribution is -0.385. The lowest BCUT2D eigenvalue weighted by atomic mass is 10.1. The van der Waals surface area contributed by atoms with E-state index in [1.807, 2.05) is 24.4 Å². The molecule has 0 spiro atoms. The Morgan fingerprint density at radius 3 is 2.73 bits per heavy atom. The fourth-order valence-corrected chi connectivity index (χ4v) is 2.79. The van der Waals surface area contributed by atoms with Gasteiger partial charge in [-0.25, -0.2) is 0 Å². The van der Waals surface area contributed by atoms with Crippen molar-refractivity contribution in [2.24, 2.45) is 0 Å². The van der Waals surface area contributed by atoms with Crippen molar-refractivity contribution in [2.45, 2.75) is 13.5 Å². The second-order valence-electron chi connectivity index (χ2n) is 4.54. The van der Waals surface area contributed by atoms with Crippen molar-refractivity contribution < 1.29 is 14.5 Å². The summed E-state index contributed by atoms with van der Waals surface area (Å²) in [6.45, 7) is 2.90. The van der Waals surface area contributed by atoms with Crippen molar-refractivity contribution in [3.05, 3.63) is 56.3 Å². The van der Waals surface area contributed by atoms with Crippen LogP contribution in [-0.4, -0.2) is 29.4 Å². The lowest BCUT2D eigenvalue weighted by Crippen LogP contribution is -2.30. The molecule has 116 valence electrons. The van der Waals surface area contributed by atoms with E-state index in [4.69, 9.17) is 4.74 Å². The number of carbonyl (C=O) groups is 1. The highest BCUT2D eigenvalue weighted by Crippen LogP contribution is 2.28. The number of nitro groups is 1. The molecule has 22 heavy (non-hydrogen) atoms. The molecular weight excluding hydrogens is 304 g/mol. The number of rotatable bonds is 6. The second kappa shape index (κ2) is 7.04. The zero-order valence-electron chi connectivity index (χ0n) is 12.3. The Kier molecular flexibility index (Phi) is 5.11. The number of carbonyl (C=O) groups excluding carboxylic acids is 1. The first-order chi connectivity index (χ1) is 10.6. The standard InChI is InChI=1S/C15H16N2O4S/c1-3-16(10-12-5-4-8-22-12)15(18)11-6-7-14(21-2)13(9-11)17(19)20/h4-9H,3,10H2,1-2H3. The number of ether oxygens (including phenoxy) is 1. The van der Waals surface area contributed by atoms with E-state index in [0.29, 0.717) is 13.1 Å². The monoisotopic (exact) mass is 320 g/mol. The summed E-state index contributed by atoms with van der Waals surface area (Å²) >= 11 is 1.57. The molecule has 0 N–H and O–H groups in total. The molecule has 0 aliphatic carbocycles. The summed E-state index contributed by atoms with van der Waals surface area (Å²) in [5.41, 5.74) is 0.0754. The molecule has 1 aromatic heterocycles. The summed E-state index contributed by atoms with van der Waals surface area (Å²) in [6, 6.07) is 8.14. The van der Waals surface area contributed by atoms with Gasteiger partial charge in [-0.2, -0.15) is 0 Å². The van der Waals surface area contributed by atoms with E-state index >= 15 is 0 Å². The molecule has 0 fully saturated rings. The Bertz CT molecular complexity index is 670. The van der Waals surface area contributed by atoms with Gasteiger partial charge in [0.1, 0.15) is 0 Å². The van der Waals surface area contributed by atoms with Crippen molar-refractivity contribution in [2.75, 3.05) is 13.7 Å². The predicted octanol–water partition coefficient (Wildman–Crippen LogP) is 3.33. The number of nitro benzene ring substituents is 1. The van der Waals surface area contributed by atoms with Crippen LogP contribution in [0.2, 0.25) is 0 Å². The molecule has 1 aromatic carbocycles. The number of methoxy groups -OCH3 is 1. The maximum absolute atomic E-state index is 12.5. The Balaban J connectivity index is 2.27. The average molecular weight is 320 g/mol. The van der Waals surface area contributed by atoms with E-state index in [0.717, 1.165) is 4.88 Å². The van der Waals surface area contributed by atoms with Crippen LogP contribution in [0.4, 0.5) is 5.69 Å². The Morgan fingerprint density at radius 2 is 2.18 bits per heavy atom. The van der Waals surface area contributed by atoms with Crippen molar-refractivity contribution in [1.29, 1.82) is 0 Å². The quantitative estimate of drug-likeness (QED) is 0.604. The Morgan fingerprint density at radius 1 is 1.41 bits per heavy atom. The largest absolute Gasteiger partial charge is 0.490 e. The van der Waals surface area contributed by atoms with E-state index in [1.165, 1.54) is 19.2 Å². The Hall–Kier alpha value is -2.41. The van der Waals surface area contributed by atoms with Gasteiger partial charge in [0, 0.05) is 23.1 Å². The smallest absolute Gasteiger partial charge is 0.311 e. The van der Waals surface area contributed by atoms with Crippen molar-refractivity contribution in [3.8, 4) is 5.75 Å². The van der Waals surface area contributed by atoms with Crippen LogP contribution < -0.4 is 4.74 Å². The van der Waals surface area contributed by atoms with Gasteiger partial charge in [0.15, 0.2) is 5.75 Å². The van der Waals surface area contributed by atoms with Gasteiger partial charge in [0.25, 0.3) is 5.91 Å². The summed E-state index contributed by atoms with van der Waals surface area (Å²) in [6.07, 6.45) is 0. The third-order valence-corrected chi connectivity index (χ3v) is 4.08. The van der Waals surface area contributed by atoms with Gasteiger partial charge >= 0.3 is 5.69 Å². The van der Waals surface area contributed by atoms with Crippen LogP contribution in [0.3, 0.4) is 0 Å². The molecule has 2 rings (SSSR count). The normalized spacial score (nSPS) is 10.3. The van der Waals surface area contributed by atoms with Gasteiger partial charge in [-0.3, -0.25) is 14.9 Å². The molecule has 0 atom stereocenters. The van der Waals surface area contributed by atoms with Crippen LogP contribution in [0.25, 0.3) is 0 Å². The molecule has 0 unspecified atom stereocenters. The second-order valence-corrected chi connectivity index (χ2v) is 5.57. The maximum atomic E-state index is 12.5. The molecule has 0 aliphatic rings. The predicted molar refractivity (Wildman–Crippen MR) is 84.4 cm³/mol. The zero-order chi connectivity index (χ0) is 16.1. The maximum Gasteiger partial charge on any atom is 0.311 e. The van der Waals surface area contributed by atoms with Crippen LogP contribution in [0.15, 0.2) is 35.7 Å². The molecule has 0 aliphatic heterocycles. The van der Waals surface area contributed by atoms with Gasteiger partial charge in [0.05, 0.1) is 18.6 Å². The van der Waals surface area contributed by atoms with Crippen LogP contribution in [0, 0.1) is 10.1 Å². The molecule has 2 aromatic rings. The zero-order valence-corrected chi connectivity index (χ0v) is 13.1. The number of benzene rings is 1. The number of amides is 1. The Labute approximate surface area is 132 Å². The molecule has 6 nitrogen and oxygen atoms in total. The summed E-state index contributed by atoms with van der Waals surface area (Å²) in [5.74, 6) is -0.0930. The van der Waals surface area contributed by atoms with Crippen LogP contribution in [0.5, 0.6) is 5.75 Å². The minimum absolute atomic E-state index is 0.142. The van der Waals surface area contributed by atoms with Gasteiger partial charge < -0.3 is 9.64 Å². The first-order valence-corrected chi connectivity index (χ1v) is 7.58. The average Bonchev–Trinajstić information content (AvgIpc) is 3.04.